The molecule has 0 radical (unpaired) electrons. The number of aromatic nitrogens is 2. The molecule has 1 N–H and O–H groups in total. The summed E-state index contributed by atoms with van der Waals surface area (Å²) in [6, 6.07) is 8.95. The largest absolute Gasteiger partial charge is 0.317 e. The number of hydrogen-bond donors (Lipinski definition) is 1. The van der Waals surface area contributed by atoms with E-state index in [1.165, 1.54) is 36.8 Å². The van der Waals surface area contributed by atoms with Crippen molar-refractivity contribution in [3.05, 3.63) is 60.2 Å². The molecule has 2 heterocycles. The van der Waals surface area contributed by atoms with Gasteiger partial charge in [-0.15, -0.1) is 0 Å². The van der Waals surface area contributed by atoms with Crippen molar-refractivity contribution in [3.63, 3.8) is 0 Å². The Morgan fingerprint density at radius 1 is 0.800 bits per heavy atom. The topological polar surface area (TPSA) is 37.8 Å². The minimum atomic E-state index is 0.610. The quantitative estimate of drug-likeness (QED) is 0.656. The zero-order valence-corrected chi connectivity index (χ0v) is 16.8. The highest BCUT2D eigenvalue weighted by atomic mass is 14.9. The van der Waals surface area contributed by atoms with Crippen LogP contribution in [-0.2, 0) is 12.8 Å². The molecule has 2 rings (SSSR count). The minimum absolute atomic E-state index is 0.610. The standard InChI is InChI=1S/C18H25N3.2C2H6/c1-19-18(10-2-6-16-8-4-12-20-14-16)11-3-7-17-9-5-13-21-15-17;2*1-2/h4-5,8-9,12-15,18-19H,2-3,6-7,10-11H2,1H3;2*1-2H3. The average Bonchev–Trinajstić information content (AvgIpc) is 2.71. The zero-order chi connectivity index (χ0) is 18.8. The Kier molecular flexibility index (Phi) is 15.9. The summed E-state index contributed by atoms with van der Waals surface area (Å²) >= 11 is 0. The van der Waals surface area contributed by atoms with Gasteiger partial charge in [-0.2, -0.15) is 0 Å². The Hall–Kier alpha value is -1.74. The van der Waals surface area contributed by atoms with Crippen LogP contribution in [0, 0.1) is 0 Å². The van der Waals surface area contributed by atoms with E-state index < -0.39 is 0 Å². The molecule has 0 atom stereocenters. The SMILES string of the molecule is CC.CC.CNC(CCCc1cccnc1)CCCc1cccnc1. The lowest BCUT2D eigenvalue weighted by Crippen LogP contribution is -2.25. The fourth-order valence-corrected chi connectivity index (χ4v) is 2.63. The number of pyridine rings is 2. The zero-order valence-electron chi connectivity index (χ0n) is 16.8. The fourth-order valence-electron chi connectivity index (χ4n) is 2.63. The molecular weight excluding hydrogens is 306 g/mol. The molecule has 0 spiro atoms. The van der Waals surface area contributed by atoms with E-state index in [-0.39, 0.29) is 0 Å². The van der Waals surface area contributed by atoms with Crippen molar-refractivity contribution in [2.75, 3.05) is 7.05 Å². The average molecular weight is 344 g/mol. The summed E-state index contributed by atoms with van der Waals surface area (Å²) in [7, 11) is 2.07. The van der Waals surface area contributed by atoms with Crippen LogP contribution in [0.15, 0.2) is 49.1 Å². The number of rotatable bonds is 9. The molecule has 0 unspecified atom stereocenters. The van der Waals surface area contributed by atoms with E-state index in [1.807, 2.05) is 64.6 Å². The summed E-state index contributed by atoms with van der Waals surface area (Å²) in [5, 5.41) is 3.44. The van der Waals surface area contributed by atoms with Crippen molar-refractivity contribution < 1.29 is 0 Å². The lowest BCUT2D eigenvalue weighted by Gasteiger charge is -2.16. The first kappa shape index (κ1) is 23.3. The second-order valence-electron chi connectivity index (χ2n) is 5.49. The van der Waals surface area contributed by atoms with Gasteiger partial charge in [0.25, 0.3) is 0 Å². The van der Waals surface area contributed by atoms with Gasteiger partial charge in [0.2, 0.25) is 0 Å². The molecule has 0 saturated heterocycles. The number of nitrogens with one attached hydrogen (secondary N) is 1. The molecule has 25 heavy (non-hydrogen) atoms. The predicted molar refractivity (Wildman–Crippen MR) is 110 cm³/mol. The molecule has 0 aliphatic heterocycles. The summed E-state index contributed by atoms with van der Waals surface area (Å²) in [5.74, 6) is 0. The molecule has 140 valence electrons. The molecule has 3 heteroatoms. The van der Waals surface area contributed by atoms with E-state index in [4.69, 9.17) is 0 Å². The van der Waals surface area contributed by atoms with Crippen molar-refractivity contribution in [3.8, 4) is 0 Å². The molecule has 2 aromatic heterocycles. The van der Waals surface area contributed by atoms with Gasteiger partial charge >= 0.3 is 0 Å². The van der Waals surface area contributed by atoms with Gasteiger partial charge in [-0.1, -0.05) is 39.8 Å². The Labute approximate surface area is 155 Å². The van der Waals surface area contributed by atoms with Gasteiger partial charge in [-0.05, 0) is 68.8 Å². The van der Waals surface area contributed by atoms with Crippen LogP contribution in [0.4, 0.5) is 0 Å². The first-order valence-electron chi connectivity index (χ1n) is 9.83. The fraction of sp³-hybridized carbons (Fsp3) is 0.545. The van der Waals surface area contributed by atoms with Crippen molar-refractivity contribution in [2.45, 2.75) is 72.3 Å². The van der Waals surface area contributed by atoms with E-state index in [2.05, 4.69) is 34.5 Å². The lowest BCUT2D eigenvalue weighted by molar-refractivity contribution is 0.461. The molecule has 0 aliphatic rings. The first-order chi connectivity index (χ1) is 12.4. The van der Waals surface area contributed by atoms with E-state index >= 15 is 0 Å². The third-order valence-corrected chi connectivity index (χ3v) is 3.89. The van der Waals surface area contributed by atoms with Crippen LogP contribution in [0.3, 0.4) is 0 Å². The van der Waals surface area contributed by atoms with Crippen LogP contribution in [0.1, 0.15) is 64.5 Å². The molecular formula is C22H37N3. The Morgan fingerprint density at radius 2 is 1.24 bits per heavy atom. The van der Waals surface area contributed by atoms with E-state index in [9.17, 15) is 0 Å². The molecule has 0 amide bonds. The van der Waals surface area contributed by atoms with E-state index in [1.54, 1.807) is 0 Å². The monoisotopic (exact) mass is 343 g/mol. The maximum atomic E-state index is 4.16. The third-order valence-electron chi connectivity index (χ3n) is 3.89. The van der Waals surface area contributed by atoms with Crippen LogP contribution in [-0.4, -0.2) is 23.1 Å². The summed E-state index contributed by atoms with van der Waals surface area (Å²) < 4.78 is 0. The van der Waals surface area contributed by atoms with Crippen molar-refractivity contribution in [1.82, 2.24) is 15.3 Å². The van der Waals surface area contributed by atoms with Crippen LogP contribution in [0.5, 0.6) is 0 Å². The van der Waals surface area contributed by atoms with Crippen molar-refractivity contribution >= 4 is 0 Å². The van der Waals surface area contributed by atoms with Gasteiger partial charge in [-0.3, -0.25) is 9.97 Å². The predicted octanol–water partition coefficient (Wildman–Crippen LogP) is 5.46. The second-order valence-corrected chi connectivity index (χ2v) is 5.49. The molecule has 0 bridgehead atoms. The number of hydrogen-bond acceptors (Lipinski definition) is 3. The van der Waals surface area contributed by atoms with Crippen LogP contribution < -0.4 is 5.32 Å². The highest BCUT2D eigenvalue weighted by Crippen LogP contribution is 2.11. The molecule has 0 aromatic carbocycles. The normalized spacial score (nSPS) is 9.68. The third kappa shape index (κ3) is 11.4. The molecule has 0 aliphatic carbocycles. The van der Waals surface area contributed by atoms with Gasteiger partial charge in [0.05, 0.1) is 0 Å². The summed E-state index contributed by atoms with van der Waals surface area (Å²) in [5.41, 5.74) is 2.67. The maximum Gasteiger partial charge on any atom is 0.0299 e. The van der Waals surface area contributed by atoms with Gasteiger partial charge in [-0.25, -0.2) is 0 Å². The van der Waals surface area contributed by atoms with Gasteiger partial charge < -0.3 is 5.32 Å². The van der Waals surface area contributed by atoms with Gasteiger partial charge in [0.1, 0.15) is 0 Å². The molecule has 0 fully saturated rings. The van der Waals surface area contributed by atoms with Crippen molar-refractivity contribution in [2.24, 2.45) is 0 Å². The van der Waals surface area contributed by atoms with Gasteiger partial charge in [0.15, 0.2) is 0 Å². The van der Waals surface area contributed by atoms with Crippen LogP contribution in [0.2, 0.25) is 0 Å². The highest BCUT2D eigenvalue weighted by molar-refractivity contribution is 5.09. The number of nitrogens with zero attached hydrogens (tertiary/aromatic N) is 2. The second kappa shape index (κ2) is 17.1. The highest BCUT2D eigenvalue weighted by Gasteiger charge is 2.06. The summed E-state index contributed by atoms with van der Waals surface area (Å²) in [6.07, 6.45) is 14.7. The first-order valence-corrected chi connectivity index (χ1v) is 9.83. The molecule has 3 nitrogen and oxygen atoms in total. The maximum absolute atomic E-state index is 4.16. The smallest absolute Gasteiger partial charge is 0.0299 e. The van der Waals surface area contributed by atoms with Crippen LogP contribution >= 0.6 is 0 Å². The van der Waals surface area contributed by atoms with E-state index in [0.29, 0.717) is 6.04 Å². The Balaban J connectivity index is 0.00000134. The van der Waals surface area contributed by atoms with Crippen molar-refractivity contribution in [1.29, 1.82) is 0 Å². The van der Waals surface area contributed by atoms with Crippen LogP contribution in [0.25, 0.3) is 0 Å². The Bertz CT molecular complexity index is 440. The minimum Gasteiger partial charge on any atom is -0.317 e. The van der Waals surface area contributed by atoms with E-state index in [0.717, 1.165) is 12.8 Å². The molecule has 2 aromatic rings. The summed E-state index contributed by atoms with van der Waals surface area (Å²) in [4.78, 5) is 8.33. The molecule has 0 saturated carbocycles. The Morgan fingerprint density at radius 3 is 1.56 bits per heavy atom. The summed E-state index contributed by atoms with van der Waals surface area (Å²) in [6.45, 7) is 8.00. The lowest BCUT2D eigenvalue weighted by atomic mass is 10.0. The van der Waals surface area contributed by atoms with Gasteiger partial charge in [0, 0.05) is 30.8 Å². The number of aryl methyl sites for hydroxylation is 2.